The Hall–Kier alpha value is -1.21. The molecule has 0 aliphatic carbocycles. The number of methoxy groups -OCH3 is 1. The van der Waals surface area contributed by atoms with Gasteiger partial charge < -0.3 is 4.74 Å². The predicted molar refractivity (Wildman–Crippen MR) is 49.3 cm³/mol. The Labute approximate surface area is 80.3 Å². The Morgan fingerprint density at radius 3 is 3.00 bits per heavy atom. The average molecular weight is 197 g/mol. The number of rotatable bonds is 3. The van der Waals surface area contributed by atoms with Crippen molar-refractivity contribution in [1.29, 1.82) is 5.26 Å². The Morgan fingerprint density at radius 2 is 2.38 bits per heavy atom. The maximum absolute atomic E-state index is 12.7. The Morgan fingerprint density at radius 1 is 1.62 bits per heavy atom. The normalized spacial score (nSPS) is 9.31. The van der Waals surface area contributed by atoms with Gasteiger partial charge >= 0.3 is 0 Å². The van der Waals surface area contributed by atoms with Crippen molar-refractivity contribution < 1.29 is 9.13 Å². The fourth-order valence-electron chi connectivity index (χ4n) is 0.871. The highest BCUT2D eigenvalue weighted by Crippen LogP contribution is 2.29. The predicted octanol–water partition coefficient (Wildman–Crippen LogP) is 2.45. The first-order valence-electron chi connectivity index (χ1n) is 3.61. The second-order valence-corrected chi connectivity index (χ2v) is 3.26. The first-order chi connectivity index (χ1) is 6.27. The van der Waals surface area contributed by atoms with Gasteiger partial charge in [-0.25, -0.2) is 4.39 Å². The number of thioether (sulfide) groups is 1. The second kappa shape index (κ2) is 4.73. The van der Waals surface area contributed by atoms with Crippen LogP contribution >= 0.6 is 11.8 Å². The van der Waals surface area contributed by atoms with E-state index in [1.54, 1.807) is 6.07 Å². The van der Waals surface area contributed by atoms with Gasteiger partial charge in [-0.2, -0.15) is 5.26 Å². The molecule has 1 aromatic carbocycles. The number of hydrogen-bond donors (Lipinski definition) is 0. The quantitative estimate of drug-likeness (QED) is 0.698. The SMILES string of the molecule is COc1cc(F)ccc1SCC#N. The fraction of sp³-hybridized carbons (Fsp3) is 0.222. The van der Waals surface area contributed by atoms with E-state index >= 15 is 0 Å². The van der Waals surface area contributed by atoms with E-state index in [1.807, 2.05) is 6.07 Å². The van der Waals surface area contributed by atoms with Gasteiger partial charge in [-0.1, -0.05) is 0 Å². The summed E-state index contributed by atoms with van der Waals surface area (Å²) in [5.41, 5.74) is 0. The lowest BCUT2D eigenvalue weighted by Crippen LogP contribution is -1.87. The van der Waals surface area contributed by atoms with Crippen LogP contribution in [0, 0.1) is 17.1 Å². The van der Waals surface area contributed by atoms with Crippen LogP contribution in [0.5, 0.6) is 5.75 Å². The van der Waals surface area contributed by atoms with Gasteiger partial charge in [-0.15, -0.1) is 11.8 Å². The smallest absolute Gasteiger partial charge is 0.135 e. The topological polar surface area (TPSA) is 33.0 Å². The summed E-state index contributed by atoms with van der Waals surface area (Å²) in [5, 5.41) is 8.36. The molecule has 0 fully saturated rings. The molecule has 2 nitrogen and oxygen atoms in total. The van der Waals surface area contributed by atoms with Gasteiger partial charge in [0.2, 0.25) is 0 Å². The third kappa shape index (κ3) is 2.63. The number of benzene rings is 1. The molecule has 68 valence electrons. The maximum Gasteiger partial charge on any atom is 0.135 e. The summed E-state index contributed by atoms with van der Waals surface area (Å²) in [5.74, 6) is 0.473. The molecule has 0 heterocycles. The Bertz CT molecular complexity index is 335. The van der Waals surface area contributed by atoms with E-state index in [4.69, 9.17) is 10.00 Å². The standard InChI is InChI=1S/C9H8FNOS/c1-12-8-6-7(10)2-3-9(8)13-5-4-11/h2-3,6H,5H2,1H3. The van der Waals surface area contributed by atoms with Gasteiger partial charge in [0, 0.05) is 6.07 Å². The minimum atomic E-state index is -0.335. The van der Waals surface area contributed by atoms with Gasteiger partial charge in [-0.05, 0) is 12.1 Å². The monoisotopic (exact) mass is 197 g/mol. The van der Waals surface area contributed by atoms with E-state index in [1.165, 1.54) is 31.0 Å². The van der Waals surface area contributed by atoms with Gasteiger partial charge in [0.15, 0.2) is 0 Å². The lowest BCUT2D eigenvalue weighted by molar-refractivity contribution is 0.401. The third-order valence-electron chi connectivity index (χ3n) is 1.42. The lowest BCUT2D eigenvalue weighted by atomic mass is 10.3. The second-order valence-electron chi connectivity index (χ2n) is 2.24. The van der Waals surface area contributed by atoms with Gasteiger partial charge in [0.25, 0.3) is 0 Å². The Kier molecular flexibility index (Phi) is 3.59. The van der Waals surface area contributed by atoms with Crippen molar-refractivity contribution in [2.24, 2.45) is 0 Å². The number of nitriles is 1. The van der Waals surface area contributed by atoms with Crippen LogP contribution in [0.25, 0.3) is 0 Å². The van der Waals surface area contributed by atoms with Crippen molar-refractivity contribution in [3.63, 3.8) is 0 Å². The van der Waals surface area contributed by atoms with Crippen molar-refractivity contribution in [1.82, 2.24) is 0 Å². The third-order valence-corrected chi connectivity index (χ3v) is 2.34. The molecule has 1 aromatic rings. The summed E-state index contributed by atoms with van der Waals surface area (Å²) in [4.78, 5) is 0.783. The van der Waals surface area contributed by atoms with Crippen LogP contribution < -0.4 is 4.74 Å². The highest BCUT2D eigenvalue weighted by atomic mass is 32.2. The molecule has 0 saturated heterocycles. The highest BCUT2D eigenvalue weighted by Gasteiger charge is 2.03. The molecule has 0 bridgehead atoms. The lowest BCUT2D eigenvalue weighted by Gasteiger charge is -2.05. The number of hydrogen-bond acceptors (Lipinski definition) is 3. The zero-order chi connectivity index (χ0) is 9.68. The summed E-state index contributed by atoms with van der Waals surface area (Å²) < 4.78 is 17.7. The molecule has 0 unspecified atom stereocenters. The van der Waals surface area contributed by atoms with Gasteiger partial charge in [0.05, 0.1) is 23.8 Å². The van der Waals surface area contributed by atoms with Crippen molar-refractivity contribution in [2.75, 3.05) is 12.9 Å². The van der Waals surface area contributed by atoms with Gasteiger partial charge in [-0.3, -0.25) is 0 Å². The minimum Gasteiger partial charge on any atom is -0.495 e. The molecule has 4 heteroatoms. The van der Waals surface area contributed by atoms with Crippen LogP contribution in [-0.4, -0.2) is 12.9 Å². The zero-order valence-corrected chi connectivity index (χ0v) is 7.90. The molecular formula is C9H8FNOS. The summed E-state index contributed by atoms with van der Waals surface area (Å²) in [6, 6.07) is 6.26. The molecule has 0 N–H and O–H groups in total. The summed E-state index contributed by atoms with van der Waals surface area (Å²) >= 11 is 1.33. The van der Waals surface area contributed by atoms with E-state index in [0.29, 0.717) is 11.5 Å². The molecule has 0 aromatic heterocycles. The first-order valence-corrected chi connectivity index (χ1v) is 4.59. The van der Waals surface area contributed by atoms with Crippen molar-refractivity contribution >= 4 is 11.8 Å². The molecular weight excluding hydrogens is 189 g/mol. The molecule has 13 heavy (non-hydrogen) atoms. The summed E-state index contributed by atoms with van der Waals surface area (Å²) in [7, 11) is 1.48. The highest BCUT2D eigenvalue weighted by molar-refractivity contribution is 7.99. The van der Waals surface area contributed by atoms with Crippen molar-refractivity contribution in [3.05, 3.63) is 24.0 Å². The van der Waals surface area contributed by atoms with Crippen molar-refractivity contribution in [3.8, 4) is 11.8 Å². The fourth-order valence-corrected chi connectivity index (χ4v) is 1.54. The number of halogens is 1. The van der Waals surface area contributed by atoms with Crippen LogP contribution in [0.15, 0.2) is 23.1 Å². The zero-order valence-electron chi connectivity index (χ0n) is 7.08. The van der Waals surface area contributed by atoms with Crippen LogP contribution in [0.1, 0.15) is 0 Å². The molecule has 0 aliphatic rings. The minimum absolute atomic E-state index is 0.335. The molecule has 0 atom stereocenters. The number of ether oxygens (including phenoxy) is 1. The van der Waals surface area contributed by atoms with Crippen LogP contribution in [0.2, 0.25) is 0 Å². The molecule has 0 amide bonds. The largest absolute Gasteiger partial charge is 0.495 e. The average Bonchev–Trinajstić information content (AvgIpc) is 2.16. The van der Waals surface area contributed by atoms with E-state index in [0.717, 1.165) is 4.90 Å². The summed E-state index contributed by atoms with van der Waals surface area (Å²) in [6.45, 7) is 0. The molecule has 0 radical (unpaired) electrons. The van der Waals surface area contributed by atoms with Crippen LogP contribution in [0.3, 0.4) is 0 Å². The van der Waals surface area contributed by atoms with E-state index in [2.05, 4.69) is 0 Å². The molecule has 0 spiro atoms. The molecule has 0 aliphatic heterocycles. The van der Waals surface area contributed by atoms with Crippen molar-refractivity contribution in [2.45, 2.75) is 4.90 Å². The molecule has 1 rings (SSSR count). The summed E-state index contributed by atoms with van der Waals surface area (Å²) in [6.07, 6.45) is 0. The van der Waals surface area contributed by atoms with E-state index in [-0.39, 0.29) is 5.82 Å². The Balaban J connectivity index is 2.87. The first kappa shape index (κ1) is 9.87. The van der Waals surface area contributed by atoms with Crippen LogP contribution in [0.4, 0.5) is 4.39 Å². The maximum atomic E-state index is 12.7. The van der Waals surface area contributed by atoms with E-state index < -0.39 is 0 Å². The number of nitrogens with zero attached hydrogens (tertiary/aromatic N) is 1. The van der Waals surface area contributed by atoms with Gasteiger partial charge in [0.1, 0.15) is 11.6 Å². The molecule has 0 saturated carbocycles. The van der Waals surface area contributed by atoms with Crippen LogP contribution in [-0.2, 0) is 0 Å². The van der Waals surface area contributed by atoms with E-state index in [9.17, 15) is 4.39 Å².